The molecule has 1 unspecified atom stereocenters. The van der Waals surface area contributed by atoms with Crippen LogP contribution in [0.15, 0.2) is 65.6 Å². The third-order valence-corrected chi connectivity index (χ3v) is 6.71. The molecule has 0 saturated carbocycles. The summed E-state index contributed by atoms with van der Waals surface area (Å²) in [5.74, 6) is 1.66. The SMILES string of the molecule is Cc1cc(S(=O)NCc2nc(N3CCCC3)c3ccccc3n2)c2ccccc2c1. The Kier molecular flexibility index (Phi) is 5.19. The molecule has 5 nitrogen and oxygen atoms in total. The quantitative estimate of drug-likeness (QED) is 0.520. The topological polar surface area (TPSA) is 58.1 Å². The van der Waals surface area contributed by atoms with E-state index in [2.05, 4.69) is 27.8 Å². The predicted molar refractivity (Wildman–Crippen MR) is 123 cm³/mol. The fourth-order valence-electron chi connectivity index (χ4n) is 4.14. The highest BCUT2D eigenvalue weighted by molar-refractivity contribution is 7.83. The van der Waals surface area contributed by atoms with Crippen LogP contribution in [0.1, 0.15) is 24.2 Å². The van der Waals surface area contributed by atoms with Gasteiger partial charge in [0.15, 0.2) is 0 Å². The highest BCUT2D eigenvalue weighted by Crippen LogP contribution is 2.27. The van der Waals surface area contributed by atoms with Gasteiger partial charge in [-0.15, -0.1) is 0 Å². The molecule has 1 saturated heterocycles. The third-order valence-electron chi connectivity index (χ3n) is 5.56. The van der Waals surface area contributed by atoms with E-state index in [0.29, 0.717) is 12.4 Å². The van der Waals surface area contributed by atoms with Crippen molar-refractivity contribution in [2.45, 2.75) is 31.2 Å². The standard InChI is InChI=1S/C24H24N4OS/c1-17-14-18-8-2-3-9-19(18)22(15-17)30(29)25-16-23-26-21-11-5-4-10-20(21)24(27-23)28-12-6-7-13-28/h2-5,8-11,14-15,25H,6-7,12-13,16H2,1H3. The molecule has 3 aromatic carbocycles. The van der Waals surface area contributed by atoms with Crippen LogP contribution in [0.25, 0.3) is 21.7 Å². The van der Waals surface area contributed by atoms with Crippen molar-refractivity contribution < 1.29 is 4.21 Å². The summed E-state index contributed by atoms with van der Waals surface area (Å²) in [5.41, 5.74) is 2.02. The van der Waals surface area contributed by atoms with E-state index in [9.17, 15) is 4.21 Å². The second kappa shape index (κ2) is 8.13. The van der Waals surface area contributed by atoms with Crippen molar-refractivity contribution in [3.05, 3.63) is 72.1 Å². The lowest BCUT2D eigenvalue weighted by atomic mass is 10.1. The summed E-state index contributed by atoms with van der Waals surface area (Å²) in [4.78, 5) is 12.7. The molecule has 152 valence electrons. The summed E-state index contributed by atoms with van der Waals surface area (Å²) in [6.45, 7) is 4.42. The molecule has 1 fully saturated rings. The highest BCUT2D eigenvalue weighted by Gasteiger charge is 2.18. The summed E-state index contributed by atoms with van der Waals surface area (Å²) in [7, 11) is -1.35. The number of hydrogen-bond acceptors (Lipinski definition) is 4. The van der Waals surface area contributed by atoms with Crippen LogP contribution in [0.5, 0.6) is 0 Å². The van der Waals surface area contributed by atoms with Crippen molar-refractivity contribution in [2.75, 3.05) is 18.0 Å². The van der Waals surface area contributed by atoms with Crippen LogP contribution < -0.4 is 9.62 Å². The van der Waals surface area contributed by atoms with Crippen LogP contribution >= 0.6 is 0 Å². The maximum Gasteiger partial charge on any atom is 0.146 e. The fourth-order valence-corrected chi connectivity index (χ4v) is 5.23. The van der Waals surface area contributed by atoms with E-state index in [1.165, 1.54) is 12.8 Å². The number of nitrogens with one attached hydrogen (secondary N) is 1. The minimum absolute atomic E-state index is 0.348. The van der Waals surface area contributed by atoms with Crippen LogP contribution in [0.4, 0.5) is 5.82 Å². The van der Waals surface area contributed by atoms with Crippen LogP contribution in [0.3, 0.4) is 0 Å². The number of nitrogens with zero attached hydrogens (tertiary/aromatic N) is 3. The average Bonchev–Trinajstić information content (AvgIpc) is 3.31. The largest absolute Gasteiger partial charge is 0.356 e. The fraction of sp³-hybridized carbons (Fsp3) is 0.250. The first-order valence-corrected chi connectivity index (χ1v) is 11.5. The first kappa shape index (κ1) is 19.2. The monoisotopic (exact) mass is 416 g/mol. The number of rotatable bonds is 5. The molecule has 30 heavy (non-hydrogen) atoms. The first-order chi connectivity index (χ1) is 14.7. The molecule has 5 rings (SSSR count). The van der Waals surface area contributed by atoms with Gasteiger partial charge in [-0.1, -0.05) is 42.5 Å². The van der Waals surface area contributed by atoms with Crippen molar-refractivity contribution >= 4 is 38.5 Å². The summed E-state index contributed by atoms with van der Waals surface area (Å²) in [5, 5.41) is 3.18. The van der Waals surface area contributed by atoms with E-state index in [1.807, 2.05) is 49.4 Å². The van der Waals surface area contributed by atoms with E-state index in [4.69, 9.17) is 9.97 Å². The molecule has 0 aliphatic carbocycles. The number of aryl methyl sites for hydroxylation is 1. The predicted octanol–water partition coefficient (Wildman–Crippen LogP) is 4.50. The lowest BCUT2D eigenvalue weighted by molar-refractivity contribution is 0.669. The summed E-state index contributed by atoms with van der Waals surface area (Å²) in [6.07, 6.45) is 2.38. The molecule has 6 heteroatoms. The minimum Gasteiger partial charge on any atom is -0.356 e. The van der Waals surface area contributed by atoms with Gasteiger partial charge in [-0.3, -0.25) is 0 Å². The van der Waals surface area contributed by atoms with Crippen LogP contribution in [0, 0.1) is 6.92 Å². The van der Waals surface area contributed by atoms with Crippen LogP contribution in [0.2, 0.25) is 0 Å². The molecule has 1 N–H and O–H groups in total. The van der Waals surface area contributed by atoms with Crippen molar-refractivity contribution in [3.63, 3.8) is 0 Å². The smallest absolute Gasteiger partial charge is 0.146 e. The molecule has 2 heterocycles. The molecule has 1 aromatic heterocycles. The van der Waals surface area contributed by atoms with Gasteiger partial charge in [0, 0.05) is 18.5 Å². The van der Waals surface area contributed by atoms with Gasteiger partial charge in [0.2, 0.25) is 0 Å². The molecular formula is C24H24N4OS. The Morgan fingerprint density at radius 2 is 1.70 bits per heavy atom. The number of hydrogen-bond donors (Lipinski definition) is 1. The van der Waals surface area contributed by atoms with E-state index < -0.39 is 11.0 Å². The zero-order valence-electron chi connectivity index (χ0n) is 17.0. The molecule has 0 radical (unpaired) electrons. The lowest BCUT2D eigenvalue weighted by Crippen LogP contribution is -2.23. The maximum absolute atomic E-state index is 13.1. The third kappa shape index (κ3) is 3.68. The Labute approximate surface area is 178 Å². The zero-order valence-corrected chi connectivity index (χ0v) is 17.8. The zero-order chi connectivity index (χ0) is 20.5. The molecule has 0 spiro atoms. The number of fused-ring (bicyclic) bond motifs is 2. The maximum atomic E-state index is 13.1. The highest BCUT2D eigenvalue weighted by atomic mass is 32.2. The Balaban J connectivity index is 1.45. The molecule has 0 amide bonds. The molecular weight excluding hydrogens is 392 g/mol. The van der Waals surface area contributed by atoms with E-state index in [-0.39, 0.29) is 0 Å². The molecule has 4 aromatic rings. The van der Waals surface area contributed by atoms with Crippen LogP contribution in [-0.4, -0.2) is 27.3 Å². The van der Waals surface area contributed by atoms with E-state index >= 15 is 0 Å². The molecule has 0 bridgehead atoms. The van der Waals surface area contributed by atoms with Crippen molar-refractivity contribution in [3.8, 4) is 0 Å². The van der Waals surface area contributed by atoms with Crippen LogP contribution in [-0.2, 0) is 17.5 Å². The Hall–Kier alpha value is -2.83. The first-order valence-electron chi connectivity index (χ1n) is 10.3. The Morgan fingerprint density at radius 1 is 0.967 bits per heavy atom. The van der Waals surface area contributed by atoms with Gasteiger partial charge in [0.05, 0.1) is 17.0 Å². The van der Waals surface area contributed by atoms with Gasteiger partial charge >= 0.3 is 0 Å². The summed E-state index contributed by atoms with van der Waals surface area (Å²) >= 11 is 0. The van der Waals surface area contributed by atoms with Crippen molar-refractivity contribution in [1.82, 2.24) is 14.7 Å². The van der Waals surface area contributed by atoms with Gasteiger partial charge in [-0.25, -0.2) is 18.9 Å². The van der Waals surface area contributed by atoms with E-state index in [0.717, 1.165) is 51.0 Å². The van der Waals surface area contributed by atoms with Gasteiger partial charge in [-0.05, 0) is 54.3 Å². The van der Waals surface area contributed by atoms with E-state index in [1.54, 1.807) is 0 Å². The molecule has 1 aliphatic heterocycles. The molecule has 1 atom stereocenters. The lowest BCUT2D eigenvalue weighted by Gasteiger charge is -2.19. The Bertz CT molecular complexity index is 1250. The number of benzene rings is 3. The normalized spacial score (nSPS) is 15.2. The Morgan fingerprint density at radius 3 is 2.53 bits per heavy atom. The second-order valence-corrected chi connectivity index (χ2v) is 9.01. The second-order valence-electron chi connectivity index (χ2n) is 7.75. The number of anilines is 1. The summed E-state index contributed by atoms with van der Waals surface area (Å²) < 4.78 is 16.3. The van der Waals surface area contributed by atoms with Gasteiger partial charge in [0.25, 0.3) is 0 Å². The number of para-hydroxylation sites is 1. The summed E-state index contributed by atoms with van der Waals surface area (Å²) in [6, 6.07) is 20.3. The van der Waals surface area contributed by atoms with Crippen molar-refractivity contribution in [2.24, 2.45) is 0 Å². The van der Waals surface area contributed by atoms with Gasteiger partial charge in [0.1, 0.15) is 22.6 Å². The average molecular weight is 417 g/mol. The number of aromatic nitrogens is 2. The molecule has 1 aliphatic rings. The minimum atomic E-state index is -1.35. The van der Waals surface area contributed by atoms with Crippen molar-refractivity contribution in [1.29, 1.82) is 0 Å². The van der Waals surface area contributed by atoms with Gasteiger partial charge in [-0.2, -0.15) is 0 Å². The van der Waals surface area contributed by atoms with Gasteiger partial charge < -0.3 is 4.90 Å².